The van der Waals surface area contributed by atoms with E-state index in [1.807, 2.05) is 0 Å². The number of amides is 1. The van der Waals surface area contributed by atoms with E-state index in [0.29, 0.717) is 35.9 Å². The molecule has 31 heavy (non-hydrogen) atoms. The van der Waals surface area contributed by atoms with Gasteiger partial charge < -0.3 is 26.4 Å². The second-order valence-corrected chi connectivity index (χ2v) is 9.20. The van der Waals surface area contributed by atoms with Gasteiger partial charge in [0.2, 0.25) is 11.9 Å². The summed E-state index contributed by atoms with van der Waals surface area (Å²) in [5, 5.41) is 16.0. The zero-order chi connectivity index (χ0) is 22.0. The summed E-state index contributed by atoms with van der Waals surface area (Å²) in [6.45, 7) is 2.36. The highest BCUT2D eigenvalue weighted by Crippen LogP contribution is 2.53. The van der Waals surface area contributed by atoms with Gasteiger partial charge in [-0.2, -0.15) is 4.98 Å². The zero-order valence-electron chi connectivity index (χ0n) is 16.9. The monoisotopic (exact) mass is 447 g/mol. The topological polar surface area (TPSA) is 129 Å². The van der Waals surface area contributed by atoms with E-state index in [1.54, 1.807) is 17.9 Å². The van der Waals surface area contributed by atoms with E-state index < -0.39 is 23.0 Å². The largest absolute Gasteiger partial charge is 0.387 e. The standard InChI is InChI=1S/C20H23ClFN7O2/c1-10(30)15-13(21)4-12(5-24-15)26-18-25-6-14(22)16(27-18)29-8-19(23)7-20(19,9-29)28-17(31)11-2-3-11/h4-6,10-11,30H,2-3,7-9,23H2,1H3,(H,28,31)(H,25,26,27)/t10?,19?,20-/m1/s1. The number of aromatic nitrogens is 3. The number of piperidine rings is 1. The number of rotatable bonds is 6. The molecule has 0 bridgehead atoms. The number of anilines is 3. The number of nitrogens with zero attached hydrogens (tertiary/aromatic N) is 4. The van der Waals surface area contributed by atoms with Gasteiger partial charge in [0.15, 0.2) is 11.6 Å². The lowest BCUT2D eigenvalue weighted by molar-refractivity contribution is -0.123. The van der Waals surface area contributed by atoms with E-state index in [9.17, 15) is 14.3 Å². The van der Waals surface area contributed by atoms with Gasteiger partial charge in [-0.1, -0.05) is 11.6 Å². The molecule has 9 nitrogen and oxygen atoms in total. The lowest BCUT2D eigenvalue weighted by Crippen LogP contribution is -2.47. The normalized spacial score (nSPS) is 27.6. The second-order valence-electron chi connectivity index (χ2n) is 8.79. The summed E-state index contributed by atoms with van der Waals surface area (Å²) in [5.74, 6) is -0.166. The first-order valence-corrected chi connectivity index (χ1v) is 10.6. The highest BCUT2D eigenvalue weighted by molar-refractivity contribution is 6.31. The molecule has 11 heteroatoms. The Bertz CT molecular complexity index is 1070. The van der Waals surface area contributed by atoms with Crippen LogP contribution in [-0.4, -0.2) is 50.1 Å². The van der Waals surface area contributed by atoms with Crippen molar-refractivity contribution in [3.05, 3.63) is 35.0 Å². The molecule has 3 heterocycles. The highest BCUT2D eigenvalue weighted by Gasteiger charge is 2.72. The fraction of sp³-hybridized carbons (Fsp3) is 0.500. The molecule has 2 unspecified atom stereocenters. The Morgan fingerprint density at radius 1 is 1.39 bits per heavy atom. The molecule has 0 aromatic carbocycles. The van der Waals surface area contributed by atoms with E-state index in [0.717, 1.165) is 19.0 Å². The van der Waals surface area contributed by atoms with Gasteiger partial charge in [0.25, 0.3) is 0 Å². The van der Waals surface area contributed by atoms with Crippen LogP contribution in [0.25, 0.3) is 0 Å². The molecule has 2 saturated carbocycles. The highest BCUT2D eigenvalue weighted by atomic mass is 35.5. The lowest BCUT2D eigenvalue weighted by atomic mass is 10.2. The molecule has 3 fully saturated rings. The first kappa shape index (κ1) is 20.3. The van der Waals surface area contributed by atoms with Crippen molar-refractivity contribution in [2.75, 3.05) is 23.3 Å². The maximum Gasteiger partial charge on any atom is 0.229 e. The van der Waals surface area contributed by atoms with E-state index in [-0.39, 0.29) is 23.6 Å². The third-order valence-electron chi connectivity index (χ3n) is 6.24. The number of aliphatic hydroxyl groups excluding tert-OH is 1. The van der Waals surface area contributed by atoms with Crippen molar-refractivity contribution in [1.29, 1.82) is 0 Å². The first-order chi connectivity index (χ1) is 14.7. The molecule has 1 aliphatic heterocycles. The number of aliphatic hydroxyl groups is 1. The zero-order valence-corrected chi connectivity index (χ0v) is 17.7. The average Bonchev–Trinajstić information content (AvgIpc) is 3.60. The molecule has 164 valence electrons. The summed E-state index contributed by atoms with van der Waals surface area (Å²) in [5.41, 5.74) is 6.20. The minimum atomic E-state index is -0.798. The minimum Gasteiger partial charge on any atom is -0.387 e. The van der Waals surface area contributed by atoms with Gasteiger partial charge in [-0.3, -0.25) is 9.78 Å². The molecule has 0 spiro atoms. The Kier molecular flexibility index (Phi) is 4.58. The van der Waals surface area contributed by atoms with Gasteiger partial charge in [-0.25, -0.2) is 9.37 Å². The Morgan fingerprint density at radius 2 is 2.16 bits per heavy atom. The van der Waals surface area contributed by atoms with Crippen molar-refractivity contribution in [2.45, 2.75) is 43.4 Å². The van der Waals surface area contributed by atoms with Crippen molar-refractivity contribution in [3.8, 4) is 0 Å². The summed E-state index contributed by atoms with van der Waals surface area (Å²) < 4.78 is 14.6. The number of halogens is 2. The fourth-order valence-electron chi connectivity index (χ4n) is 4.27. The van der Waals surface area contributed by atoms with Crippen LogP contribution in [-0.2, 0) is 4.79 Å². The first-order valence-electron chi connectivity index (χ1n) is 10.2. The third-order valence-corrected chi connectivity index (χ3v) is 6.54. The van der Waals surface area contributed by atoms with Gasteiger partial charge >= 0.3 is 0 Å². The predicted molar refractivity (Wildman–Crippen MR) is 112 cm³/mol. The van der Waals surface area contributed by atoms with E-state index in [1.165, 1.54) is 6.20 Å². The molecule has 2 aliphatic carbocycles. The summed E-state index contributed by atoms with van der Waals surface area (Å²) in [6, 6.07) is 1.59. The Morgan fingerprint density at radius 3 is 2.84 bits per heavy atom. The van der Waals surface area contributed by atoms with Gasteiger partial charge in [-0.05, 0) is 32.3 Å². The van der Waals surface area contributed by atoms with Crippen molar-refractivity contribution in [3.63, 3.8) is 0 Å². The molecule has 1 saturated heterocycles. The van der Waals surface area contributed by atoms with Crippen molar-refractivity contribution < 1.29 is 14.3 Å². The number of nitrogens with two attached hydrogens (primary N) is 1. The Balaban J connectivity index is 1.34. The van der Waals surface area contributed by atoms with Crippen LogP contribution in [0, 0.1) is 11.7 Å². The lowest BCUT2D eigenvalue weighted by Gasteiger charge is -2.23. The molecule has 1 amide bonds. The third kappa shape index (κ3) is 3.58. The van der Waals surface area contributed by atoms with Gasteiger partial charge in [0, 0.05) is 19.0 Å². The summed E-state index contributed by atoms with van der Waals surface area (Å²) in [7, 11) is 0. The molecule has 5 N–H and O–H groups in total. The molecule has 3 aliphatic rings. The number of fused-ring (bicyclic) bond motifs is 1. The average molecular weight is 448 g/mol. The van der Waals surface area contributed by atoms with Crippen LogP contribution >= 0.6 is 11.6 Å². The summed E-state index contributed by atoms with van der Waals surface area (Å²) in [4.78, 5) is 26.5. The van der Waals surface area contributed by atoms with Gasteiger partial charge in [0.05, 0.1) is 46.0 Å². The number of carbonyl (C=O) groups is 1. The van der Waals surface area contributed by atoms with Crippen LogP contribution < -0.4 is 21.3 Å². The molecule has 2 aromatic rings. The SMILES string of the molecule is CC(O)c1ncc(Nc2ncc(F)c(N3CC4(N)C[C@@]4(NC(=O)C4CC4)C3)n2)cc1Cl. The van der Waals surface area contributed by atoms with E-state index in [2.05, 4.69) is 25.6 Å². The molecule has 5 rings (SSSR count). The van der Waals surface area contributed by atoms with Crippen LogP contribution in [0.3, 0.4) is 0 Å². The number of hydrogen-bond donors (Lipinski definition) is 4. The molecular weight excluding hydrogens is 425 g/mol. The van der Waals surface area contributed by atoms with E-state index >= 15 is 0 Å². The maximum absolute atomic E-state index is 14.6. The van der Waals surface area contributed by atoms with Gasteiger partial charge in [-0.15, -0.1) is 0 Å². The van der Waals surface area contributed by atoms with Crippen LogP contribution in [0.1, 0.15) is 38.0 Å². The second kappa shape index (κ2) is 6.98. The molecule has 0 radical (unpaired) electrons. The van der Waals surface area contributed by atoms with Crippen LogP contribution in [0.5, 0.6) is 0 Å². The Labute approximate surface area is 183 Å². The van der Waals surface area contributed by atoms with Crippen LogP contribution in [0.15, 0.2) is 18.5 Å². The van der Waals surface area contributed by atoms with E-state index in [4.69, 9.17) is 17.3 Å². The fourth-order valence-corrected chi connectivity index (χ4v) is 4.60. The predicted octanol–water partition coefficient (Wildman–Crippen LogP) is 1.65. The number of nitrogens with one attached hydrogen (secondary N) is 2. The number of carbonyl (C=O) groups excluding carboxylic acids is 1. The summed E-state index contributed by atoms with van der Waals surface area (Å²) in [6.07, 6.45) is 4.28. The van der Waals surface area contributed by atoms with Crippen LogP contribution in [0.2, 0.25) is 5.02 Å². The minimum absolute atomic E-state index is 0.0321. The summed E-state index contributed by atoms with van der Waals surface area (Å²) >= 11 is 6.15. The molecule has 3 atom stereocenters. The number of hydrogen-bond acceptors (Lipinski definition) is 8. The molecular formula is C20H23ClFN7O2. The smallest absolute Gasteiger partial charge is 0.229 e. The van der Waals surface area contributed by atoms with Crippen molar-refractivity contribution >= 4 is 35.0 Å². The molecule has 2 aromatic heterocycles. The quantitative estimate of drug-likeness (QED) is 0.526. The maximum atomic E-state index is 14.6. The van der Waals surface area contributed by atoms with Crippen LogP contribution in [0.4, 0.5) is 21.8 Å². The van der Waals surface area contributed by atoms with Crippen molar-refractivity contribution in [2.24, 2.45) is 11.7 Å². The van der Waals surface area contributed by atoms with Gasteiger partial charge in [0.1, 0.15) is 0 Å². The Hall–Kier alpha value is -2.56. The number of pyridine rings is 1. The van der Waals surface area contributed by atoms with Crippen molar-refractivity contribution in [1.82, 2.24) is 20.3 Å².